The van der Waals surface area contributed by atoms with Gasteiger partial charge in [-0.3, -0.25) is 0 Å². The molecule has 2 aromatic heterocycles. The van der Waals surface area contributed by atoms with Crippen molar-refractivity contribution in [3.63, 3.8) is 0 Å². The van der Waals surface area contributed by atoms with Gasteiger partial charge >= 0.3 is 0 Å². The number of anilines is 1. The maximum atomic E-state index is 4.20. The first kappa shape index (κ1) is 10.2. The number of H-pyrrole nitrogens is 1. The lowest BCUT2D eigenvalue weighted by molar-refractivity contribution is 0.995. The molecule has 0 amide bonds. The van der Waals surface area contributed by atoms with E-state index in [0.29, 0.717) is 6.54 Å². The first-order chi connectivity index (χ1) is 7.25. The highest BCUT2D eigenvalue weighted by Gasteiger charge is 1.99. The number of aryl methyl sites for hydroxylation is 1. The van der Waals surface area contributed by atoms with Crippen LogP contribution >= 0.6 is 15.9 Å². The molecule has 0 spiro atoms. The number of nitrogens with one attached hydrogen (secondary N) is 2. The van der Waals surface area contributed by atoms with Gasteiger partial charge in [-0.05, 0) is 34.5 Å². The monoisotopic (exact) mass is 266 g/mol. The fourth-order valence-electron chi connectivity index (χ4n) is 1.24. The van der Waals surface area contributed by atoms with Crippen molar-refractivity contribution in [1.82, 2.24) is 15.0 Å². The number of pyridine rings is 1. The Labute approximate surface area is 96.3 Å². The Kier molecular flexibility index (Phi) is 3.01. The lowest BCUT2D eigenvalue weighted by atomic mass is 10.3. The predicted molar refractivity (Wildman–Crippen MR) is 62.6 cm³/mol. The van der Waals surface area contributed by atoms with Crippen LogP contribution in [-0.4, -0.2) is 15.0 Å². The topological polar surface area (TPSA) is 53.6 Å². The third kappa shape index (κ3) is 2.56. The molecule has 0 bridgehead atoms. The standard InChI is InChI=1S/C10H11BrN4/c1-7-4-8(5-15-10(7)11)14-6-9-12-2-3-13-9/h2-5,14H,6H2,1H3,(H,12,13). The number of aromatic amines is 1. The summed E-state index contributed by atoms with van der Waals surface area (Å²) >= 11 is 3.36. The number of imidazole rings is 1. The van der Waals surface area contributed by atoms with Gasteiger partial charge in [0.05, 0.1) is 18.4 Å². The Balaban J connectivity index is 2.02. The Hall–Kier alpha value is -1.36. The van der Waals surface area contributed by atoms with Gasteiger partial charge in [0, 0.05) is 12.4 Å². The van der Waals surface area contributed by atoms with Gasteiger partial charge in [-0.15, -0.1) is 0 Å². The molecule has 15 heavy (non-hydrogen) atoms. The second-order valence-corrected chi connectivity index (χ2v) is 3.97. The molecule has 2 N–H and O–H groups in total. The second kappa shape index (κ2) is 4.44. The maximum absolute atomic E-state index is 4.20. The fourth-order valence-corrected chi connectivity index (χ4v) is 1.45. The average Bonchev–Trinajstić information content (AvgIpc) is 2.73. The van der Waals surface area contributed by atoms with Gasteiger partial charge in [0.25, 0.3) is 0 Å². The SMILES string of the molecule is Cc1cc(NCc2ncc[nH]2)cnc1Br. The quantitative estimate of drug-likeness (QED) is 0.840. The van der Waals surface area contributed by atoms with E-state index in [9.17, 15) is 0 Å². The summed E-state index contributed by atoms with van der Waals surface area (Å²) in [6.45, 7) is 2.69. The number of rotatable bonds is 3. The van der Waals surface area contributed by atoms with Crippen LogP contribution in [0.1, 0.15) is 11.4 Å². The van der Waals surface area contributed by atoms with Crippen LogP contribution < -0.4 is 5.32 Å². The van der Waals surface area contributed by atoms with Crippen molar-refractivity contribution in [2.24, 2.45) is 0 Å². The van der Waals surface area contributed by atoms with E-state index in [1.807, 2.05) is 19.2 Å². The first-order valence-electron chi connectivity index (χ1n) is 4.60. The number of aromatic nitrogens is 3. The van der Waals surface area contributed by atoms with Crippen LogP contribution in [0, 0.1) is 6.92 Å². The van der Waals surface area contributed by atoms with Crippen LogP contribution in [0.3, 0.4) is 0 Å². The molecule has 0 saturated heterocycles. The summed E-state index contributed by atoms with van der Waals surface area (Å²) in [6.07, 6.45) is 5.34. The highest BCUT2D eigenvalue weighted by atomic mass is 79.9. The molecule has 0 unspecified atom stereocenters. The molecule has 4 nitrogen and oxygen atoms in total. The summed E-state index contributed by atoms with van der Waals surface area (Å²) in [4.78, 5) is 11.4. The van der Waals surface area contributed by atoms with Gasteiger partial charge < -0.3 is 10.3 Å². The van der Waals surface area contributed by atoms with Crippen molar-refractivity contribution in [2.75, 3.05) is 5.32 Å². The normalized spacial score (nSPS) is 10.3. The lowest BCUT2D eigenvalue weighted by Gasteiger charge is -2.05. The molecule has 5 heteroatoms. The van der Waals surface area contributed by atoms with E-state index in [1.165, 1.54) is 0 Å². The third-order valence-electron chi connectivity index (χ3n) is 2.03. The van der Waals surface area contributed by atoms with Crippen molar-refractivity contribution in [1.29, 1.82) is 0 Å². The van der Waals surface area contributed by atoms with Gasteiger partial charge in [0.1, 0.15) is 10.4 Å². The molecular formula is C10H11BrN4. The highest BCUT2D eigenvalue weighted by Crippen LogP contribution is 2.16. The molecule has 0 saturated carbocycles. The molecule has 0 radical (unpaired) electrons. The highest BCUT2D eigenvalue weighted by molar-refractivity contribution is 9.10. The Morgan fingerprint density at radius 3 is 3.00 bits per heavy atom. The largest absolute Gasteiger partial charge is 0.377 e. The molecule has 2 heterocycles. The van der Waals surface area contributed by atoms with Crippen LogP contribution in [0.2, 0.25) is 0 Å². The van der Waals surface area contributed by atoms with Gasteiger partial charge in [0.15, 0.2) is 0 Å². The van der Waals surface area contributed by atoms with E-state index in [2.05, 4.69) is 36.2 Å². The molecule has 0 aliphatic heterocycles. The maximum Gasteiger partial charge on any atom is 0.125 e. The molecular weight excluding hydrogens is 256 g/mol. The van der Waals surface area contributed by atoms with Gasteiger partial charge in [-0.1, -0.05) is 0 Å². The zero-order chi connectivity index (χ0) is 10.7. The number of nitrogens with zero attached hydrogens (tertiary/aromatic N) is 2. The Morgan fingerprint density at radius 2 is 2.33 bits per heavy atom. The third-order valence-corrected chi connectivity index (χ3v) is 2.86. The van der Waals surface area contributed by atoms with Gasteiger partial charge in [0.2, 0.25) is 0 Å². The van der Waals surface area contributed by atoms with Gasteiger partial charge in [-0.25, -0.2) is 9.97 Å². The molecule has 0 fully saturated rings. The molecule has 0 aliphatic rings. The smallest absolute Gasteiger partial charge is 0.125 e. The van der Waals surface area contributed by atoms with E-state index in [4.69, 9.17) is 0 Å². The fraction of sp³-hybridized carbons (Fsp3) is 0.200. The van der Waals surface area contributed by atoms with Crippen molar-refractivity contribution in [3.8, 4) is 0 Å². The van der Waals surface area contributed by atoms with Crippen molar-refractivity contribution in [3.05, 3.63) is 40.6 Å². The summed E-state index contributed by atoms with van der Waals surface area (Å²) in [5, 5.41) is 3.24. The van der Waals surface area contributed by atoms with Gasteiger partial charge in [-0.2, -0.15) is 0 Å². The van der Waals surface area contributed by atoms with Crippen LogP contribution in [-0.2, 0) is 6.54 Å². The van der Waals surface area contributed by atoms with E-state index >= 15 is 0 Å². The number of hydrogen-bond donors (Lipinski definition) is 2. The Bertz CT molecular complexity index is 439. The molecule has 2 aromatic rings. The minimum Gasteiger partial charge on any atom is -0.377 e. The van der Waals surface area contributed by atoms with E-state index < -0.39 is 0 Å². The minimum absolute atomic E-state index is 0.676. The minimum atomic E-state index is 0.676. The zero-order valence-electron chi connectivity index (χ0n) is 8.29. The molecule has 78 valence electrons. The number of hydrogen-bond acceptors (Lipinski definition) is 3. The molecule has 0 aliphatic carbocycles. The first-order valence-corrected chi connectivity index (χ1v) is 5.39. The van der Waals surface area contributed by atoms with Crippen LogP contribution in [0.4, 0.5) is 5.69 Å². The molecule has 0 aromatic carbocycles. The van der Waals surface area contributed by atoms with Crippen LogP contribution in [0.25, 0.3) is 0 Å². The van der Waals surface area contributed by atoms with E-state index in [1.54, 1.807) is 12.4 Å². The number of halogens is 1. The second-order valence-electron chi connectivity index (χ2n) is 3.22. The molecule has 0 atom stereocenters. The summed E-state index contributed by atoms with van der Waals surface area (Å²) < 4.78 is 0.881. The van der Waals surface area contributed by atoms with E-state index in [-0.39, 0.29) is 0 Å². The van der Waals surface area contributed by atoms with Crippen LogP contribution in [0.5, 0.6) is 0 Å². The predicted octanol–water partition coefficient (Wildman–Crippen LogP) is 2.49. The van der Waals surface area contributed by atoms with Crippen molar-refractivity contribution < 1.29 is 0 Å². The summed E-state index contributed by atoms with van der Waals surface area (Å²) in [7, 11) is 0. The van der Waals surface area contributed by atoms with Crippen LogP contribution in [0.15, 0.2) is 29.3 Å². The summed E-state index contributed by atoms with van der Waals surface area (Å²) in [5.74, 6) is 0.913. The average molecular weight is 267 g/mol. The van der Waals surface area contributed by atoms with E-state index in [0.717, 1.165) is 21.7 Å². The lowest BCUT2D eigenvalue weighted by Crippen LogP contribution is -2.01. The molecule has 2 rings (SSSR count). The summed E-state index contributed by atoms with van der Waals surface area (Å²) in [5.41, 5.74) is 2.10. The van der Waals surface area contributed by atoms with Crippen molar-refractivity contribution in [2.45, 2.75) is 13.5 Å². The Morgan fingerprint density at radius 1 is 1.47 bits per heavy atom. The zero-order valence-corrected chi connectivity index (χ0v) is 9.87. The summed E-state index contributed by atoms with van der Waals surface area (Å²) in [6, 6.07) is 2.04. The van der Waals surface area contributed by atoms with Crippen molar-refractivity contribution >= 4 is 21.6 Å².